The van der Waals surface area contributed by atoms with Gasteiger partial charge in [-0.15, -0.1) is 0 Å². The maximum atomic E-state index is 5.15. The Morgan fingerprint density at radius 3 is 1.71 bits per heavy atom. The average molecular weight is 120 g/mol. The summed E-state index contributed by atoms with van der Waals surface area (Å²) < 4.78 is 5.15. The average Bonchev–Trinajstić information content (AvgIpc) is 1.30. The van der Waals surface area contributed by atoms with Gasteiger partial charge in [0.2, 0.25) is 0 Å². The van der Waals surface area contributed by atoms with Crippen LogP contribution in [0.3, 0.4) is 0 Å². The lowest BCUT2D eigenvalue weighted by Crippen LogP contribution is -2.13. The molecule has 0 spiro atoms. The quantitative estimate of drug-likeness (QED) is 0.490. The van der Waals surface area contributed by atoms with Crippen molar-refractivity contribution in [3.05, 3.63) is 0 Å². The molecular formula is C5H12OS. The standard InChI is InChI=1S/C5H12OS/c1-5(2,3)6-7-4/h1-4H3. The summed E-state index contributed by atoms with van der Waals surface area (Å²) in [6, 6.07) is 0. The zero-order valence-electron chi connectivity index (χ0n) is 5.32. The van der Waals surface area contributed by atoms with E-state index in [9.17, 15) is 0 Å². The van der Waals surface area contributed by atoms with Crippen LogP contribution < -0.4 is 0 Å². The van der Waals surface area contributed by atoms with E-state index in [0.29, 0.717) is 0 Å². The van der Waals surface area contributed by atoms with Gasteiger partial charge in [0.1, 0.15) is 0 Å². The van der Waals surface area contributed by atoms with Gasteiger partial charge in [0.05, 0.1) is 5.60 Å². The normalized spacial score (nSPS) is 12.0. The van der Waals surface area contributed by atoms with Crippen LogP contribution >= 0.6 is 12.0 Å². The van der Waals surface area contributed by atoms with Gasteiger partial charge < -0.3 is 4.18 Å². The maximum Gasteiger partial charge on any atom is 0.0745 e. The molecule has 0 rings (SSSR count). The van der Waals surface area contributed by atoms with Crippen LogP contribution in [0.1, 0.15) is 20.8 Å². The first kappa shape index (κ1) is 7.31. The van der Waals surface area contributed by atoms with Crippen molar-refractivity contribution in [1.82, 2.24) is 0 Å². The third kappa shape index (κ3) is 6.31. The van der Waals surface area contributed by atoms with Crippen molar-refractivity contribution in [3.8, 4) is 0 Å². The van der Waals surface area contributed by atoms with Gasteiger partial charge in [-0.1, -0.05) is 0 Å². The summed E-state index contributed by atoms with van der Waals surface area (Å²) in [6.45, 7) is 6.09. The molecule has 0 atom stereocenters. The molecule has 1 nitrogen and oxygen atoms in total. The molecule has 0 aromatic carbocycles. The fourth-order valence-corrected chi connectivity index (χ4v) is 0.750. The monoisotopic (exact) mass is 120 g/mol. The molecule has 0 N–H and O–H groups in total. The van der Waals surface area contributed by atoms with Crippen LogP contribution in [-0.2, 0) is 4.18 Å². The van der Waals surface area contributed by atoms with Crippen molar-refractivity contribution in [2.75, 3.05) is 6.26 Å². The first-order valence-corrected chi connectivity index (χ1v) is 3.43. The molecule has 0 fully saturated rings. The maximum absolute atomic E-state index is 5.15. The molecule has 0 aliphatic carbocycles. The molecule has 7 heavy (non-hydrogen) atoms. The smallest absolute Gasteiger partial charge is 0.0745 e. The van der Waals surface area contributed by atoms with Crippen molar-refractivity contribution in [3.63, 3.8) is 0 Å². The molecule has 0 aliphatic heterocycles. The third-order valence-electron chi connectivity index (χ3n) is 0.333. The lowest BCUT2D eigenvalue weighted by atomic mass is 10.2. The van der Waals surface area contributed by atoms with E-state index in [1.807, 2.05) is 27.0 Å². The summed E-state index contributed by atoms with van der Waals surface area (Å²) >= 11 is 1.41. The molecule has 2 heteroatoms. The Hall–Kier alpha value is 0.310. The Balaban J connectivity index is 3.15. The van der Waals surface area contributed by atoms with Gasteiger partial charge in [-0.05, 0) is 32.8 Å². The Kier molecular flexibility index (Phi) is 2.69. The van der Waals surface area contributed by atoms with Crippen LogP contribution in [0.15, 0.2) is 0 Å². The van der Waals surface area contributed by atoms with Gasteiger partial charge in [-0.3, -0.25) is 0 Å². The van der Waals surface area contributed by atoms with Crippen molar-refractivity contribution in [2.45, 2.75) is 26.4 Å². The van der Waals surface area contributed by atoms with Gasteiger partial charge >= 0.3 is 0 Å². The third-order valence-corrected chi connectivity index (χ3v) is 1.00. The van der Waals surface area contributed by atoms with E-state index >= 15 is 0 Å². The van der Waals surface area contributed by atoms with E-state index < -0.39 is 0 Å². The van der Waals surface area contributed by atoms with Gasteiger partial charge in [-0.2, -0.15) is 0 Å². The van der Waals surface area contributed by atoms with Crippen molar-refractivity contribution < 1.29 is 4.18 Å². The molecule has 0 radical (unpaired) electrons. The molecule has 0 aromatic heterocycles. The summed E-state index contributed by atoms with van der Waals surface area (Å²) in [5.74, 6) is 0. The Labute approximate surface area is 49.6 Å². The van der Waals surface area contributed by atoms with Crippen LogP contribution in [0.2, 0.25) is 0 Å². The van der Waals surface area contributed by atoms with E-state index in [2.05, 4.69) is 0 Å². The fourth-order valence-electron chi connectivity index (χ4n) is 0.250. The lowest BCUT2D eigenvalue weighted by Gasteiger charge is -2.15. The number of hydrogen-bond donors (Lipinski definition) is 0. The predicted octanol–water partition coefficient (Wildman–Crippen LogP) is 2.08. The van der Waals surface area contributed by atoms with Gasteiger partial charge in [0, 0.05) is 6.26 Å². The number of rotatable bonds is 1. The summed E-state index contributed by atoms with van der Waals surface area (Å²) in [6.07, 6.45) is 1.92. The second kappa shape index (κ2) is 2.58. The SMILES string of the molecule is CSOC(C)(C)C. The molecule has 0 saturated heterocycles. The van der Waals surface area contributed by atoms with Crippen molar-refractivity contribution in [2.24, 2.45) is 0 Å². The zero-order chi connectivity index (χ0) is 5.91. The summed E-state index contributed by atoms with van der Waals surface area (Å²) in [5, 5.41) is 0. The molecule has 0 unspecified atom stereocenters. The van der Waals surface area contributed by atoms with Crippen LogP contribution in [0.25, 0.3) is 0 Å². The minimum absolute atomic E-state index is 0.0133. The molecule has 0 aromatic rings. The molecule has 0 heterocycles. The van der Waals surface area contributed by atoms with Crippen LogP contribution in [-0.4, -0.2) is 11.9 Å². The number of hydrogen-bond acceptors (Lipinski definition) is 2. The second-order valence-corrected chi connectivity index (χ2v) is 2.86. The molecule has 0 aliphatic rings. The second-order valence-electron chi connectivity index (χ2n) is 2.36. The zero-order valence-corrected chi connectivity index (χ0v) is 6.13. The molecular weight excluding hydrogens is 108 g/mol. The Bertz CT molecular complexity index is 46.5. The first-order chi connectivity index (χ1) is 3.06. The lowest BCUT2D eigenvalue weighted by molar-refractivity contribution is 0.166. The predicted molar refractivity (Wildman–Crippen MR) is 34.4 cm³/mol. The van der Waals surface area contributed by atoms with Gasteiger partial charge in [-0.25, -0.2) is 0 Å². The van der Waals surface area contributed by atoms with Gasteiger partial charge in [0.15, 0.2) is 0 Å². The van der Waals surface area contributed by atoms with Crippen LogP contribution in [0.4, 0.5) is 0 Å². The summed E-state index contributed by atoms with van der Waals surface area (Å²) in [5.41, 5.74) is 0.0133. The molecule has 0 bridgehead atoms. The topological polar surface area (TPSA) is 9.23 Å². The van der Waals surface area contributed by atoms with E-state index in [-0.39, 0.29) is 5.60 Å². The van der Waals surface area contributed by atoms with Crippen LogP contribution in [0.5, 0.6) is 0 Å². The van der Waals surface area contributed by atoms with Crippen molar-refractivity contribution in [1.29, 1.82) is 0 Å². The highest BCUT2D eigenvalue weighted by Crippen LogP contribution is 2.13. The molecule has 0 amide bonds. The summed E-state index contributed by atoms with van der Waals surface area (Å²) in [7, 11) is 0. The highest BCUT2D eigenvalue weighted by atomic mass is 32.2. The van der Waals surface area contributed by atoms with E-state index in [1.165, 1.54) is 12.0 Å². The Morgan fingerprint density at radius 1 is 1.29 bits per heavy atom. The van der Waals surface area contributed by atoms with E-state index in [1.54, 1.807) is 0 Å². The summed E-state index contributed by atoms with van der Waals surface area (Å²) in [4.78, 5) is 0. The first-order valence-electron chi connectivity index (χ1n) is 2.28. The van der Waals surface area contributed by atoms with E-state index in [4.69, 9.17) is 4.18 Å². The van der Waals surface area contributed by atoms with Crippen LogP contribution in [0, 0.1) is 0 Å². The fraction of sp³-hybridized carbons (Fsp3) is 1.00. The largest absolute Gasteiger partial charge is 0.310 e. The van der Waals surface area contributed by atoms with E-state index in [0.717, 1.165) is 0 Å². The Morgan fingerprint density at radius 2 is 1.71 bits per heavy atom. The minimum atomic E-state index is 0.0133. The highest BCUT2D eigenvalue weighted by Gasteiger charge is 2.07. The molecule has 0 saturated carbocycles. The minimum Gasteiger partial charge on any atom is -0.310 e. The van der Waals surface area contributed by atoms with Gasteiger partial charge in [0.25, 0.3) is 0 Å². The highest BCUT2D eigenvalue weighted by molar-refractivity contribution is 7.93. The molecule has 44 valence electrons. The van der Waals surface area contributed by atoms with Crippen molar-refractivity contribution >= 4 is 12.0 Å².